The van der Waals surface area contributed by atoms with Crippen molar-refractivity contribution in [2.75, 3.05) is 0 Å². The smallest absolute Gasteiger partial charge is 0.407 e. The highest BCUT2D eigenvalue weighted by Crippen LogP contribution is 2.24. The van der Waals surface area contributed by atoms with Gasteiger partial charge in [0, 0.05) is 5.56 Å². The number of aromatic nitrogens is 1. The number of rotatable bonds is 6. The maximum Gasteiger partial charge on any atom is 0.407 e. The molecule has 0 saturated heterocycles. The highest BCUT2D eigenvalue weighted by atomic mass is 16.5. The second kappa shape index (κ2) is 7.44. The van der Waals surface area contributed by atoms with E-state index in [-0.39, 0.29) is 13.0 Å². The van der Waals surface area contributed by atoms with Crippen LogP contribution in [0.5, 0.6) is 0 Å². The van der Waals surface area contributed by atoms with Gasteiger partial charge in [-0.3, -0.25) is 4.79 Å². The Morgan fingerprint density at radius 3 is 2.57 bits per heavy atom. The average Bonchev–Trinajstić information content (AvgIpc) is 2.84. The second-order valence-electron chi connectivity index (χ2n) is 5.09. The molecule has 1 aromatic carbocycles. The molecule has 2 N–H and O–H groups in total. The predicted octanol–water partition coefficient (Wildman–Crippen LogP) is 2.73. The lowest BCUT2D eigenvalue weighted by Crippen LogP contribution is -2.31. The first-order valence-electron chi connectivity index (χ1n) is 7.09. The molecule has 0 aliphatic heterocycles. The molecule has 0 fully saturated rings. The quantitative estimate of drug-likeness (QED) is 0.849. The Balaban J connectivity index is 2.03. The van der Waals surface area contributed by atoms with Gasteiger partial charge in [-0.15, -0.1) is 0 Å². The van der Waals surface area contributed by atoms with Crippen LogP contribution >= 0.6 is 0 Å². The minimum Gasteiger partial charge on any atom is -0.481 e. The number of carbonyl (C=O) groups excluding carboxylic acids is 1. The second-order valence-corrected chi connectivity index (χ2v) is 5.09. The Kier molecular flexibility index (Phi) is 5.35. The van der Waals surface area contributed by atoms with E-state index in [9.17, 15) is 9.59 Å². The van der Waals surface area contributed by atoms with Gasteiger partial charge in [-0.1, -0.05) is 35.5 Å². The van der Waals surface area contributed by atoms with E-state index in [0.717, 1.165) is 5.56 Å². The molecule has 0 radical (unpaired) electrons. The van der Waals surface area contributed by atoms with Crippen molar-refractivity contribution in [2.24, 2.45) is 0 Å². The third-order valence-electron chi connectivity index (χ3n) is 3.32. The van der Waals surface area contributed by atoms with Gasteiger partial charge in [0.05, 0.1) is 18.2 Å². The predicted molar refractivity (Wildman–Crippen MR) is 80.7 cm³/mol. The molecule has 0 aliphatic carbocycles. The molecular formula is C16H18N2O5. The molecule has 7 nitrogen and oxygen atoms in total. The molecule has 0 aliphatic rings. The number of amides is 1. The van der Waals surface area contributed by atoms with Crippen LogP contribution in [0.25, 0.3) is 0 Å². The number of alkyl carbamates (subject to hydrolysis) is 1. The van der Waals surface area contributed by atoms with Gasteiger partial charge in [0.25, 0.3) is 0 Å². The van der Waals surface area contributed by atoms with Gasteiger partial charge >= 0.3 is 12.1 Å². The Labute approximate surface area is 133 Å². The first kappa shape index (κ1) is 16.5. The Morgan fingerprint density at radius 1 is 1.30 bits per heavy atom. The van der Waals surface area contributed by atoms with Crippen molar-refractivity contribution in [1.29, 1.82) is 0 Å². The van der Waals surface area contributed by atoms with E-state index in [4.69, 9.17) is 14.4 Å². The normalized spacial score (nSPS) is 11.7. The molecule has 0 unspecified atom stereocenters. The summed E-state index contributed by atoms with van der Waals surface area (Å²) in [7, 11) is 0. The molecule has 1 amide bonds. The van der Waals surface area contributed by atoms with Gasteiger partial charge in [0.15, 0.2) is 0 Å². The summed E-state index contributed by atoms with van der Waals surface area (Å²) >= 11 is 0. The fourth-order valence-electron chi connectivity index (χ4n) is 2.29. The summed E-state index contributed by atoms with van der Waals surface area (Å²) in [5, 5.41) is 15.4. The van der Waals surface area contributed by atoms with Gasteiger partial charge in [0.1, 0.15) is 12.4 Å². The number of carboxylic acid groups (broad SMARTS) is 1. The van der Waals surface area contributed by atoms with Crippen LogP contribution in [0.15, 0.2) is 34.9 Å². The van der Waals surface area contributed by atoms with Crippen molar-refractivity contribution >= 4 is 12.1 Å². The number of ether oxygens (including phenoxy) is 1. The lowest BCUT2D eigenvalue weighted by Gasteiger charge is -2.16. The fourth-order valence-corrected chi connectivity index (χ4v) is 2.29. The lowest BCUT2D eigenvalue weighted by molar-refractivity contribution is -0.137. The van der Waals surface area contributed by atoms with E-state index >= 15 is 0 Å². The molecule has 0 bridgehead atoms. The van der Waals surface area contributed by atoms with Crippen LogP contribution < -0.4 is 5.32 Å². The summed E-state index contributed by atoms with van der Waals surface area (Å²) in [6, 6.07) is 8.44. The number of nitrogens with one attached hydrogen (secondary N) is 1. The first-order chi connectivity index (χ1) is 11.0. The van der Waals surface area contributed by atoms with Gasteiger partial charge in [-0.2, -0.15) is 0 Å². The molecule has 7 heteroatoms. The molecular weight excluding hydrogens is 300 g/mol. The molecule has 122 valence electrons. The number of carboxylic acids is 1. The monoisotopic (exact) mass is 318 g/mol. The van der Waals surface area contributed by atoms with Crippen LogP contribution in [-0.4, -0.2) is 22.3 Å². The Hall–Kier alpha value is -2.83. The minimum atomic E-state index is -1.04. The van der Waals surface area contributed by atoms with E-state index in [2.05, 4.69) is 10.5 Å². The summed E-state index contributed by atoms with van der Waals surface area (Å²) < 4.78 is 10.2. The van der Waals surface area contributed by atoms with Gasteiger partial charge in [-0.05, 0) is 19.4 Å². The van der Waals surface area contributed by atoms with E-state index in [1.807, 2.05) is 30.3 Å². The zero-order chi connectivity index (χ0) is 16.8. The molecule has 1 aromatic heterocycles. The van der Waals surface area contributed by atoms with Crippen molar-refractivity contribution in [3.05, 3.63) is 52.9 Å². The molecule has 2 rings (SSSR count). The van der Waals surface area contributed by atoms with E-state index < -0.39 is 18.1 Å². The largest absolute Gasteiger partial charge is 0.481 e. The van der Waals surface area contributed by atoms with Crippen LogP contribution in [0.3, 0.4) is 0 Å². The number of hydrogen-bond acceptors (Lipinski definition) is 5. The molecule has 0 saturated carbocycles. The van der Waals surface area contributed by atoms with Crippen molar-refractivity contribution < 1.29 is 24.0 Å². The van der Waals surface area contributed by atoms with Crippen LogP contribution in [0.2, 0.25) is 0 Å². The molecule has 23 heavy (non-hydrogen) atoms. The van der Waals surface area contributed by atoms with Crippen LogP contribution in [-0.2, 0) is 16.1 Å². The number of hydrogen-bond donors (Lipinski definition) is 2. The molecule has 0 spiro atoms. The van der Waals surface area contributed by atoms with Gasteiger partial charge in [-0.25, -0.2) is 4.79 Å². The van der Waals surface area contributed by atoms with Crippen LogP contribution in [0.4, 0.5) is 4.79 Å². The summed E-state index contributed by atoms with van der Waals surface area (Å²) in [5.41, 5.74) is 1.94. The lowest BCUT2D eigenvalue weighted by atomic mass is 10.0. The Morgan fingerprint density at radius 2 is 2.00 bits per heavy atom. The summed E-state index contributed by atoms with van der Waals surface area (Å²) in [6.07, 6.45) is -0.983. The molecule has 2 aromatic rings. The SMILES string of the molecule is Cc1noc(C)c1[C@H](CC(=O)O)NC(=O)OCc1ccccc1. The van der Waals surface area contributed by atoms with Gasteiger partial charge in [0.2, 0.25) is 0 Å². The average molecular weight is 318 g/mol. The minimum absolute atomic E-state index is 0.105. The number of nitrogens with zero attached hydrogens (tertiary/aromatic N) is 1. The zero-order valence-corrected chi connectivity index (χ0v) is 12.9. The van der Waals surface area contributed by atoms with Crippen molar-refractivity contribution in [3.8, 4) is 0 Å². The third kappa shape index (κ3) is 4.57. The number of aliphatic carboxylic acids is 1. The van der Waals surface area contributed by atoms with Crippen molar-refractivity contribution in [1.82, 2.24) is 10.5 Å². The number of benzene rings is 1. The van der Waals surface area contributed by atoms with E-state index in [1.54, 1.807) is 13.8 Å². The first-order valence-corrected chi connectivity index (χ1v) is 7.09. The Bertz CT molecular complexity index is 662. The highest BCUT2D eigenvalue weighted by Gasteiger charge is 2.25. The number of carbonyl (C=O) groups is 2. The third-order valence-corrected chi connectivity index (χ3v) is 3.32. The number of aryl methyl sites for hydroxylation is 2. The van der Waals surface area contributed by atoms with E-state index in [0.29, 0.717) is 17.0 Å². The zero-order valence-electron chi connectivity index (χ0n) is 12.9. The maximum absolute atomic E-state index is 11.9. The van der Waals surface area contributed by atoms with Crippen molar-refractivity contribution in [3.63, 3.8) is 0 Å². The van der Waals surface area contributed by atoms with Crippen LogP contribution in [0, 0.1) is 13.8 Å². The van der Waals surface area contributed by atoms with E-state index in [1.165, 1.54) is 0 Å². The molecule has 1 heterocycles. The topological polar surface area (TPSA) is 102 Å². The van der Waals surface area contributed by atoms with Crippen molar-refractivity contribution in [2.45, 2.75) is 32.9 Å². The summed E-state index contributed by atoms with van der Waals surface area (Å²) in [6.45, 7) is 3.47. The highest BCUT2D eigenvalue weighted by molar-refractivity contribution is 5.72. The molecule has 1 atom stereocenters. The van der Waals surface area contributed by atoms with Gasteiger partial charge < -0.3 is 19.7 Å². The summed E-state index contributed by atoms with van der Waals surface area (Å²) in [5.74, 6) is -0.574. The fraction of sp³-hybridized carbons (Fsp3) is 0.312. The standard InChI is InChI=1S/C16H18N2O5/c1-10-15(11(2)23-18-10)13(8-14(19)20)17-16(21)22-9-12-6-4-3-5-7-12/h3-7,13H,8-9H2,1-2H3,(H,17,21)(H,19,20)/t13-/m0/s1. The maximum atomic E-state index is 11.9. The van der Waals surface area contributed by atoms with Crippen LogP contribution in [0.1, 0.15) is 35.0 Å². The summed E-state index contributed by atoms with van der Waals surface area (Å²) in [4.78, 5) is 23.0.